The molecular formula is C29H40N2O4. The monoisotopic (exact) mass is 480 g/mol. The van der Waals surface area contributed by atoms with Crippen LogP contribution in [-0.2, 0) is 9.47 Å². The van der Waals surface area contributed by atoms with E-state index in [1.165, 1.54) is 5.56 Å². The zero-order chi connectivity index (χ0) is 24.8. The van der Waals surface area contributed by atoms with Crippen LogP contribution >= 0.6 is 0 Å². The summed E-state index contributed by atoms with van der Waals surface area (Å²) in [6.07, 6.45) is 2.71. The van der Waals surface area contributed by atoms with E-state index in [2.05, 4.69) is 34.1 Å². The van der Waals surface area contributed by atoms with Gasteiger partial charge in [0.2, 0.25) is 0 Å². The Bertz CT molecular complexity index is 923. The molecule has 1 saturated carbocycles. The van der Waals surface area contributed by atoms with Gasteiger partial charge in [-0.3, -0.25) is 0 Å². The van der Waals surface area contributed by atoms with Crippen LogP contribution in [0, 0.1) is 0 Å². The molecular weight excluding hydrogens is 440 g/mol. The van der Waals surface area contributed by atoms with Gasteiger partial charge < -0.3 is 24.0 Å². The summed E-state index contributed by atoms with van der Waals surface area (Å²) in [5.41, 5.74) is 0.808. The maximum Gasteiger partial charge on any atom is 0.410 e. The highest BCUT2D eigenvalue weighted by Gasteiger charge is 2.48. The topological polar surface area (TPSA) is 51.2 Å². The molecule has 3 atom stereocenters. The minimum Gasteiger partial charge on any atom is -0.491 e. The number of hydrogen-bond acceptors (Lipinski definition) is 5. The molecule has 1 saturated heterocycles. The van der Waals surface area contributed by atoms with E-state index in [1.54, 1.807) is 7.11 Å². The fourth-order valence-corrected chi connectivity index (χ4v) is 4.99. The number of carbonyl (C=O) groups excluding carboxylic acids is 1. The van der Waals surface area contributed by atoms with Crippen molar-refractivity contribution < 1.29 is 19.0 Å². The molecule has 190 valence electrons. The normalized spacial score (nSPS) is 21.8. The number of rotatable bonds is 9. The Hall–Kier alpha value is -2.57. The number of nitrogens with zero attached hydrogens (tertiary/aromatic N) is 2. The van der Waals surface area contributed by atoms with Gasteiger partial charge in [0.25, 0.3) is 0 Å². The van der Waals surface area contributed by atoms with Gasteiger partial charge in [0.05, 0.1) is 0 Å². The Morgan fingerprint density at radius 2 is 1.66 bits per heavy atom. The fraction of sp³-hybridized carbons (Fsp3) is 0.552. The van der Waals surface area contributed by atoms with Crippen LogP contribution in [-0.4, -0.2) is 73.0 Å². The molecule has 35 heavy (non-hydrogen) atoms. The number of carbonyl (C=O) groups is 1. The summed E-state index contributed by atoms with van der Waals surface area (Å²) in [5.74, 6) is 1.26. The van der Waals surface area contributed by atoms with Gasteiger partial charge in [0.1, 0.15) is 24.1 Å². The van der Waals surface area contributed by atoms with Gasteiger partial charge in [-0.05, 0) is 57.7 Å². The second kappa shape index (κ2) is 11.4. The third kappa shape index (κ3) is 7.21. The first-order valence-electron chi connectivity index (χ1n) is 12.8. The Morgan fingerprint density at radius 3 is 2.26 bits per heavy atom. The van der Waals surface area contributed by atoms with Gasteiger partial charge in [-0.15, -0.1) is 0 Å². The molecule has 0 spiro atoms. The van der Waals surface area contributed by atoms with E-state index >= 15 is 0 Å². The fourth-order valence-electron chi connectivity index (χ4n) is 4.99. The van der Waals surface area contributed by atoms with Crippen molar-refractivity contribution in [1.29, 1.82) is 0 Å². The predicted molar refractivity (Wildman–Crippen MR) is 138 cm³/mol. The van der Waals surface area contributed by atoms with E-state index in [-0.39, 0.29) is 24.3 Å². The molecule has 0 bridgehead atoms. The first-order chi connectivity index (χ1) is 16.8. The highest BCUT2D eigenvalue weighted by Crippen LogP contribution is 2.46. The summed E-state index contributed by atoms with van der Waals surface area (Å²) < 4.78 is 17.5. The molecule has 6 heteroatoms. The van der Waals surface area contributed by atoms with Crippen molar-refractivity contribution in [2.45, 2.75) is 69.7 Å². The van der Waals surface area contributed by atoms with E-state index in [0.29, 0.717) is 12.5 Å². The van der Waals surface area contributed by atoms with Crippen molar-refractivity contribution in [2.24, 2.45) is 0 Å². The van der Waals surface area contributed by atoms with Crippen LogP contribution in [0.3, 0.4) is 0 Å². The molecule has 4 rings (SSSR count). The lowest BCUT2D eigenvalue weighted by Gasteiger charge is -2.40. The predicted octanol–water partition coefficient (Wildman–Crippen LogP) is 5.34. The van der Waals surface area contributed by atoms with Crippen LogP contribution in [0.5, 0.6) is 5.75 Å². The maximum atomic E-state index is 13.3. The van der Waals surface area contributed by atoms with Gasteiger partial charge in [-0.1, -0.05) is 48.5 Å². The van der Waals surface area contributed by atoms with Crippen molar-refractivity contribution in [3.8, 4) is 5.75 Å². The molecule has 6 nitrogen and oxygen atoms in total. The Labute approximate surface area is 210 Å². The first-order valence-corrected chi connectivity index (χ1v) is 12.8. The Kier molecular flexibility index (Phi) is 8.34. The highest BCUT2D eigenvalue weighted by atomic mass is 16.6. The van der Waals surface area contributed by atoms with E-state index in [1.807, 2.05) is 57.2 Å². The number of piperidine rings is 1. The molecule has 1 aliphatic heterocycles. The zero-order valence-corrected chi connectivity index (χ0v) is 21.6. The number of benzene rings is 2. The standard InChI is InChI=1S/C29H40N2O4/c1-29(2,3)35-28(32)31(27-19-26(27)22-11-7-5-8-12-22)23-15-17-30(18-16-23)20-25(33-4)21-34-24-13-9-6-10-14-24/h5-14,23,25-27H,15-21H2,1-4H3/t25?,26-,27+/m0/s1. The van der Waals surface area contributed by atoms with Crippen molar-refractivity contribution in [1.82, 2.24) is 9.80 Å². The number of para-hydroxylation sites is 1. The smallest absolute Gasteiger partial charge is 0.410 e. The van der Waals surface area contributed by atoms with Crippen LogP contribution < -0.4 is 4.74 Å². The van der Waals surface area contributed by atoms with Crippen molar-refractivity contribution in [2.75, 3.05) is 33.4 Å². The van der Waals surface area contributed by atoms with Crippen LogP contribution in [0.2, 0.25) is 0 Å². The summed E-state index contributed by atoms with van der Waals surface area (Å²) in [6.45, 7) is 9.01. The van der Waals surface area contributed by atoms with Crippen molar-refractivity contribution in [3.63, 3.8) is 0 Å². The lowest BCUT2D eigenvalue weighted by atomic mass is 10.0. The molecule has 2 aromatic rings. The molecule has 2 aromatic carbocycles. The largest absolute Gasteiger partial charge is 0.491 e. The molecule has 0 radical (unpaired) electrons. The minimum absolute atomic E-state index is 0.000363. The van der Waals surface area contributed by atoms with E-state index in [0.717, 1.165) is 44.6 Å². The van der Waals surface area contributed by atoms with Gasteiger partial charge in [-0.25, -0.2) is 4.79 Å². The quantitative estimate of drug-likeness (QED) is 0.485. The molecule has 2 fully saturated rings. The zero-order valence-electron chi connectivity index (χ0n) is 21.6. The van der Waals surface area contributed by atoms with Crippen LogP contribution in [0.1, 0.15) is 51.5 Å². The Balaban J connectivity index is 1.33. The van der Waals surface area contributed by atoms with Gasteiger partial charge in [-0.2, -0.15) is 0 Å². The number of amides is 1. The highest BCUT2D eigenvalue weighted by molar-refractivity contribution is 5.70. The lowest BCUT2D eigenvalue weighted by molar-refractivity contribution is -0.00405. The van der Waals surface area contributed by atoms with Crippen molar-refractivity contribution >= 4 is 6.09 Å². The van der Waals surface area contributed by atoms with Crippen LogP contribution in [0.15, 0.2) is 60.7 Å². The van der Waals surface area contributed by atoms with E-state index in [4.69, 9.17) is 14.2 Å². The second-order valence-electron chi connectivity index (χ2n) is 10.7. The van der Waals surface area contributed by atoms with E-state index < -0.39 is 5.60 Å². The third-order valence-electron chi connectivity index (χ3n) is 6.87. The van der Waals surface area contributed by atoms with Crippen LogP contribution in [0.4, 0.5) is 4.79 Å². The summed E-state index contributed by atoms with van der Waals surface area (Å²) in [5, 5.41) is 0. The summed E-state index contributed by atoms with van der Waals surface area (Å²) in [7, 11) is 1.74. The Morgan fingerprint density at radius 1 is 1.03 bits per heavy atom. The molecule has 1 amide bonds. The van der Waals surface area contributed by atoms with Gasteiger partial charge in [0.15, 0.2) is 0 Å². The molecule has 0 N–H and O–H groups in total. The summed E-state index contributed by atoms with van der Waals surface area (Å²) in [4.78, 5) is 17.8. The molecule has 0 aromatic heterocycles. The van der Waals surface area contributed by atoms with Gasteiger partial charge in [0, 0.05) is 44.7 Å². The summed E-state index contributed by atoms with van der Waals surface area (Å²) >= 11 is 0. The van der Waals surface area contributed by atoms with Crippen molar-refractivity contribution in [3.05, 3.63) is 66.2 Å². The third-order valence-corrected chi connectivity index (χ3v) is 6.87. The molecule has 1 heterocycles. The SMILES string of the molecule is COC(COc1ccccc1)CN1CCC(N(C(=O)OC(C)(C)C)[C@@H]2C[C@H]2c2ccccc2)CC1. The first kappa shape index (κ1) is 25.5. The molecule has 1 unspecified atom stereocenters. The van der Waals surface area contributed by atoms with Crippen LogP contribution in [0.25, 0.3) is 0 Å². The number of ether oxygens (including phenoxy) is 3. The average molecular weight is 481 g/mol. The lowest BCUT2D eigenvalue weighted by Crippen LogP contribution is -2.51. The number of likely N-dealkylation sites (tertiary alicyclic amines) is 1. The molecule has 1 aliphatic carbocycles. The van der Waals surface area contributed by atoms with Gasteiger partial charge >= 0.3 is 6.09 Å². The summed E-state index contributed by atoms with van der Waals surface area (Å²) in [6, 6.07) is 20.8. The second-order valence-corrected chi connectivity index (χ2v) is 10.7. The number of hydrogen-bond donors (Lipinski definition) is 0. The maximum absolute atomic E-state index is 13.3. The van der Waals surface area contributed by atoms with E-state index in [9.17, 15) is 4.79 Å². The number of methoxy groups -OCH3 is 1. The average Bonchev–Trinajstić information content (AvgIpc) is 3.63. The molecule has 2 aliphatic rings. The minimum atomic E-state index is -0.502.